The number of carbonyl (C=O) groups excluding carboxylic acids is 2. The highest BCUT2D eigenvalue weighted by Crippen LogP contribution is 2.06. The molecule has 0 aliphatic carbocycles. The van der Waals surface area contributed by atoms with Gasteiger partial charge in [-0.1, -0.05) is 26.2 Å². The summed E-state index contributed by atoms with van der Waals surface area (Å²) in [5, 5.41) is 2.37. The number of amidine groups is 1. The van der Waals surface area contributed by atoms with Crippen LogP contribution in [0.2, 0.25) is 0 Å². The molecule has 6 heteroatoms. The lowest BCUT2D eigenvalue weighted by Gasteiger charge is -2.19. The van der Waals surface area contributed by atoms with Gasteiger partial charge < -0.3 is 9.47 Å². The van der Waals surface area contributed by atoms with Crippen LogP contribution in [0.1, 0.15) is 60.3 Å². The van der Waals surface area contributed by atoms with Crippen molar-refractivity contribution in [2.45, 2.75) is 65.9 Å². The number of nitrogens with one attached hydrogen (secondary N) is 1. The third kappa shape index (κ3) is 11.5. The van der Waals surface area contributed by atoms with Crippen molar-refractivity contribution in [2.75, 3.05) is 6.61 Å². The van der Waals surface area contributed by atoms with Crippen molar-refractivity contribution < 1.29 is 19.1 Å². The van der Waals surface area contributed by atoms with Crippen molar-refractivity contribution in [2.24, 2.45) is 4.99 Å². The average molecular weight is 286 g/mol. The molecule has 0 atom stereocenters. The number of rotatable bonds is 5. The van der Waals surface area contributed by atoms with Crippen molar-refractivity contribution in [3.8, 4) is 0 Å². The second kappa shape index (κ2) is 9.34. The first-order valence-corrected chi connectivity index (χ1v) is 6.96. The van der Waals surface area contributed by atoms with E-state index < -0.39 is 17.8 Å². The molecule has 6 nitrogen and oxygen atoms in total. The molecule has 0 heterocycles. The smallest absolute Gasteiger partial charge is 0.435 e. The molecule has 0 aromatic rings. The largest absolute Gasteiger partial charge is 0.448 e. The fourth-order valence-corrected chi connectivity index (χ4v) is 1.34. The fraction of sp³-hybridized carbons (Fsp3) is 0.786. The second-order valence-electron chi connectivity index (χ2n) is 5.50. The molecule has 0 spiro atoms. The van der Waals surface area contributed by atoms with Crippen LogP contribution < -0.4 is 5.32 Å². The van der Waals surface area contributed by atoms with Crippen LogP contribution in [0, 0.1) is 0 Å². The van der Waals surface area contributed by atoms with Gasteiger partial charge in [-0.25, -0.2) is 9.59 Å². The Bertz CT molecular complexity index is 346. The highest BCUT2D eigenvalue weighted by molar-refractivity contribution is 5.98. The topological polar surface area (TPSA) is 77.0 Å². The summed E-state index contributed by atoms with van der Waals surface area (Å²) in [5.41, 5.74) is -0.593. The quantitative estimate of drug-likeness (QED) is 0.475. The Morgan fingerprint density at radius 3 is 2.35 bits per heavy atom. The third-order valence-corrected chi connectivity index (χ3v) is 2.16. The molecule has 0 saturated heterocycles. The summed E-state index contributed by atoms with van der Waals surface area (Å²) >= 11 is 0. The van der Waals surface area contributed by atoms with Crippen LogP contribution in [0.4, 0.5) is 9.59 Å². The Morgan fingerprint density at radius 1 is 1.15 bits per heavy atom. The highest BCUT2D eigenvalue weighted by Gasteiger charge is 2.16. The van der Waals surface area contributed by atoms with Gasteiger partial charge in [-0.05, 0) is 34.1 Å². The SMILES string of the molecule is CCCCCCOC(=O)N=C(C)NC(=O)OC(C)(C)C. The predicted molar refractivity (Wildman–Crippen MR) is 78.0 cm³/mol. The first kappa shape index (κ1) is 18.4. The number of nitrogens with zero attached hydrogens (tertiary/aromatic N) is 1. The van der Waals surface area contributed by atoms with Crippen LogP contribution >= 0.6 is 0 Å². The summed E-state index contributed by atoms with van der Waals surface area (Å²) < 4.78 is 9.96. The van der Waals surface area contributed by atoms with Crippen LogP contribution in [0.15, 0.2) is 4.99 Å². The van der Waals surface area contributed by atoms with Crippen LogP contribution in [-0.2, 0) is 9.47 Å². The normalized spacial score (nSPS) is 11.9. The molecule has 0 fully saturated rings. The van der Waals surface area contributed by atoms with Gasteiger partial charge in [0.2, 0.25) is 0 Å². The van der Waals surface area contributed by atoms with Gasteiger partial charge in [-0.15, -0.1) is 0 Å². The Balaban J connectivity index is 3.98. The van der Waals surface area contributed by atoms with E-state index in [4.69, 9.17) is 9.47 Å². The molecule has 1 N–H and O–H groups in total. The number of hydrogen-bond donors (Lipinski definition) is 1. The Labute approximate surface area is 120 Å². The van der Waals surface area contributed by atoms with Gasteiger partial charge in [0.25, 0.3) is 0 Å². The Kier molecular flexibility index (Phi) is 8.59. The summed E-state index contributed by atoms with van der Waals surface area (Å²) in [6, 6.07) is 0. The minimum Gasteiger partial charge on any atom is -0.448 e. The maximum absolute atomic E-state index is 11.4. The van der Waals surface area contributed by atoms with E-state index in [1.807, 2.05) is 0 Å². The summed E-state index contributed by atoms with van der Waals surface area (Å²) in [6.07, 6.45) is 2.77. The highest BCUT2D eigenvalue weighted by atomic mass is 16.6. The second-order valence-corrected chi connectivity index (χ2v) is 5.50. The molecule has 2 amide bonds. The fourth-order valence-electron chi connectivity index (χ4n) is 1.34. The number of hydrogen-bond acceptors (Lipinski definition) is 4. The van der Waals surface area contributed by atoms with E-state index >= 15 is 0 Å². The molecule has 0 rings (SSSR count). The van der Waals surface area contributed by atoms with Gasteiger partial charge in [0.1, 0.15) is 11.4 Å². The summed E-state index contributed by atoms with van der Waals surface area (Å²) in [4.78, 5) is 26.4. The average Bonchev–Trinajstić information content (AvgIpc) is 2.25. The van der Waals surface area contributed by atoms with Gasteiger partial charge in [0.15, 0.2) is 0 Å². The summed E-state index contributed by atoms with van der Waals surface area (Å²) in [5.74, 6) is 0.151. The molecule has 0 radical (unpaired) electrons. The molecule has 0 bridgehead atoms. The molecule has 0 aliphatic rings. The van der Waals surface area contributed by atoms with Gasteiger partial charge in [-0.2, -0.15) is 4.99 Å². The van der Waals surface area contributed by atoms with E-state index in [9.17, 15) is 9.59 Å². The molecule has 0 aromatic heterocycles. The molecule has 0 unspecified atom stereocenters. The van der Waals surface area contributed by atoms with Gasteiger partial charge in [0, 0.05) is 0 Å². The lowest BCUT2D eigenvalue weighted by Crippen LogP contribution is -2.35. The zero-order valence-corrected chi connectivity index (χ0v) is 13.1. The van der Waals surface area contributed by atoms with Crippen molar-refractivity contribution in [1.82, 2.24) is 5.32 Å². The van der Waals surface area contributed by atoms with E-state index in [-0.39, 0.29) is 5.84 Å². The van der Waals surface area contributed by atoms with E-state index in [0.29, 0.717) is 6.61 Å². The van der Waals surface area contributed by atoms with Crippen LogP contribution in [0.3, 0.4) is 0 Å². The lowest BCUT2D eigenvalue weighted by molar-refractivity contribution is 0.0563. The van der Waals surface area contributed by atoms with Crippen LogP contribution in [0.25, 0.3) is 0 Å². The summed E-state index contributed by atoms with van der Waals surface area (Å²) in [6.45, 7) is 9.23. The number of alkyl carbamates (subject to hydrolysis) is 1. The molecule has 0 saturated carbocycles. The summed E-state index contributed by atoms with van der Waals surface area (Å²) in [7, 11) is 0. The molecular formula is C14H26N2O4. The number of unbranched alkanes of at least 4 members (excludes halogenated alkanes) is 3. The van der Waals surface area contributed by atoms with Crippen molar-refractivity contribution in [3.05, 3.63) is 0 Å². The van der Waals surface area contributed by atoms with E-state index in [0.717, 1.165) is 25.7 Å². The maximum Gasteiger partial charge on any atom is 0.435 e. The first-order chi connectivity index (χ1) is 9.24. The third-order valence-electron chi connectivity index (χ3n) is 2.16. The number of amides is 2. The van der Waals surface area contributed by atoms with E-state index in [1.54, 1.807) is 20.8 Å². The predicted octanol–water partition coefficient (Wildman–Crippen LogP) is 3.65. The number of carbonyl (C=O) groups is 2. The van der Waals surface area contributed by atoms with Gasteiger partial charge >= 0.3 is 12.2 Å². The minimum atomic E-state index is -0.699. The molecule has 0 aromatic carbocycles. The van der Waals surface area contributed by atoms with Crippen molar-refractivity contribution in [1.29, 1.82) is 0 Å². The molecule has 20 heavy (non-hydrogen) atoms. The van der Waals surface area contributed by atoms with E-state index in [1.165, 1.54) is 6.92 Å². The zero-order valence-electron chi connectivity index (χ0n) is 13.1. The van der Waals surface area contributed by atoms with E-state index in [2.05, 4.69) is 17.2 Å². The Morgan fingerprint density at radius 2 is 1.80 bits per heavy atom. The zero-order chi connectivity index (χ0) is 15.6. The monoisotopic (exact) mass is 286 g/mol. The molecule has 0 aliphatic heterocycles. The van der Waals surface area contributed by atoms with Gasteiger partial charge in [0.05, 0.1) is 6.61 Å². The van der Waals surface area contributed by atoms with Gasteiger partial charge in [-0.3, -0.25) is 5.32 Å². The standard InChI is InChI=1S/C14H26N2O4/c1-6-7-8-9-10-19-12(17)15-11(2)16-13(18)20-14(3,4)5/h6-10H2,1-5H3,(H,15,16,17,18). The lowest BCUT2D eigenvalue weighted by atomic mass is 10.2. The first-order valence-electron chi connectivity index (χ1n) is 6.96. The number of aliphatic imine (C=N–C) groups is 1. The molecular weight excluding hydrogens is 260 g/mol. The van der Waals surface area contributed by atoms with Crippen molar-refractivity contribution >= 4 is 18.0 Å². The van der Waals surface area contributed by atoms with Crippen LogP contribution in [-0.4, -0.2) is 30.2 Å². The van der Waals surface area contributed by atoms with Crippen LogP contribution in [0.5, 0.6) is 0 Å². The Hall–Kier alpha value is -1.59. The maximum atomic E-state index is 11.4. The molecule has 116 valence electrons. The minimum absolute atomic E-state index is 0.151. The number of ether oxygens (including phenoxy) is 2. The van der Waals surface area contributed by atoms with Crippen molar-refractivity contribution in [3.63, 3.8) is 0 Å².